The molecule has 1 heterocycles. The maximum Gasteiger partial charge on any atom is 0.252 e. The number of nitrogens with one attached hydrogen (secondary N) is 1. The van der Waals surface area contributed by atoms with Gasteiger partial charge in [0.1, 0.15) is 4.75 Å². The average Bonchev–Trinajstić information content (AvgIpc) is 2.63. The Morgan fingerprint density at radius 1 is 1.41 bits per heavy atom. The topological polar surface area (TPSA) is 84.9 Å². The van der Waals surface area contributed by atoms with Crippen LogP contribution in [0.25, 0.3) is 0 Å². The van der Waals surface area contributed by atoms with Gasteiger partial charge in [-0.3, -0.25) is 10.3 Å². The molecule has 154 valence electrons. The Morgan fingerprint density at radius 2 is 2.07 bits per heavy atom. The molecule has 0 aliphatic carbocycles. The van der Waals surface area contributed by atoms with Crippen molar-refractivity contribution >= 4 is 15.7 Å². The van der Waals surface area contributed by atoms with Crippen molar-refractivity contribution < 1.29 is 22.8 Å². The summed E-state index contributed by atoms with van der Waals surface area (Å²) in [5.74, 6) is -0.255. The Balaban J connectivity index is 2.76. The lowest BCUT2D eigenvalue weighted by Gasteiger charge is -2.33. The lowest BCUT2D eigenvalue weighted by molar-refractivity contribution is -0.190. The number of amides is 1. The van der Waals surface area contributed by atoms with Crippen LogP contribution in [-0.2, 0) is 24.2 Å². The minimum absolute atomic E-state index is 0.165. The standard InChI is InChI=1S/C19H32N2O5S/c1-7-10-15(2)18(22)21(5)13-12-19(4,27(6,23)24)16(3)20-26-17-11-8-9-14-25-17/h7,10,17,20H,2-3,8-9,11-14H2,1,4-6H3/b10-7-/t17?,19-/m1/s1. The highest BCUT2D eigenvalue weighted by atomic mass is 32.2. The van der Waals surface area contributed by atoms with E-state index >= 15 is 0 Å². The third kappa shape index (κ3) is 6.48. The van der Waals surface area contributed by atoms with Crippen molar-refractivity contribution in [2.45, 2.75) is 50.6 Å². The summed E-state index contributed by atoms with van der Waals surface area (Å²) < 4.78 is 29.0. The number of carbonyl (C=O) groups is 1. The average molecular weight is 401 g/mol. The van der Waals surface area contributed by atoms with E-state index in [4.69, 9.17) is 9.57 Å². The fraction of sp³-hybridized carbons (Fsp3) is 0.632. The van der Waals surface area contributed by atoms with E-state index in [1.807, 2.05) is 0 Å². The van der Waals surface area contributed by atoms with Crippen molar-refractivity contribution in [3.05, 3.63) is 36.6 Å². The predicted octanol–water partition coefficient (Wildman–Crippen LogP) is 2.33. The molecule has 8 heteroatoms. The van der Waals surface area contributed by atoms with Gasteiger partial charge in [0, 0.05) is 38.4 Å². The molecule has 1 aliphatic rings. The van der Waals surface area contributed by atoms with Crippen molar-refractivity contribution in [2.24, 2.45) is 0 Å². The molecule has 7 nitrogen and oxygen atoms in total. The first-order valence-corrected chi connectivity index (χ1v) is 10.9. The quantitative estimate of drug-likeness (QED) is 0.344. The van der Waals surface area contributed by atoms with Crippen LogP contribution in [0, 0.1) is 0 Å². The summed E-state index contributed by atoms with van der Waals surface area (Å²) >= 11 is 0. The van der Waals surface area contributed by atoms with Crippen LogP contribution < -0.4 is 5.48 Å². The molecule has 2 atom stereocenters. The van der Waals surface area contributed by atoms with Gasteiger partial charge in [0.15, 0.2) is 16.1 Å². The van der Waals surface area contributed by atoms with Crippen LogP contribution in [0.1, 0.15) is 39.5 Å². The number of nitrogens with zero attached hydrogens (tertiary/aromatic N) is 1. The molecule has 1 saturated heterocycles. The van der Waals surface area contributed by atoms with Crippen LogP contribution in [0.15, 0.2) is 36.6 Å². The zero-order chi connectivity index (χ0) is 20.7. The number of ether oxygens (including phenoxy) is 1. The summed E-state index contributed by atoms with van der Waals surface area (Å²) in [4.78, 5) is 19.2. The SMILES string of the molecule is C=C(/C=C\C)C(=O)N(C)CC[C@](C)(C(=C)NOC1CCCCO1)S(C)(=O)=O. The first kappa shape index (κ1) is 23.4. The van der Waals surface area contributed by atoms with Crippen molar-refractivity contribution in [2.75, 3.05) is 26.5 Å². The third-order valence-corrected chi connectivity index (χ3v) is 6.91. The van der Waals surface area contributed by atoms with E-state index < -0.39 is 20.9 Å². The number of hydrogen-bond donors (Lipinski definition) is 1. The minimum atomic E-state index is -3.53. The summed E-state index contributed by atoms with van der Waals surface area (Å²) in [7, 11) is -1.91. The third-order valence-electron chi connectivity index (χ3n) is 4.82. The summed E-state index contributed by atoms with van der Waals surface area (Å²) in [6, 6.07) is 0. The zero-order valence-electron chi connectivity index (χ0n) is 16.8. The highest BCUT2D eigenvalue weighted by Crippen LogP contribution is 2.28. The van der Waals surface area contributed by atoms with E-state index in [0.717, 1.165) is 25.5 Å². The van der Waals surface area contributed by atoms with Gasteiger partial charge >= 0.3 is 0 Å². The van der Waals surface area contributed by atoms with Gasteiger partial charge in [-0.2, -0.15) is 0 Å². The van der Waals surface area contributed by atoms with Crippen LogP contribution in [0.5, 0.6) is 0 Å². The molecule has 0 aromatic carbocycles. The van der Waals surface area contributed by atoms with Crippen molar-refractivity contribution in [1.29, 1.82) is 0 Å². The Bertz CT molecular complexity index is 680. The molecule has 0 saturated carbocycles. The largest absolute Gasteiger partial charge is 0.350 e. The van der Waals surface area contributed by atoms with Crippen LogP contribution >= 0.6 is 0 Å². The number of carbonyl (C=O) groups excluding carboxylic acids is 1. The van der Waals surface area contributed by atoms with Gasteiger partial charge in [-0.15, -0.1) is 0 Å². The first-order chi connectivity index (χ1) is 12.5. The van der Waals surface area contributed by atoms with E-state index in [0.29, 0.717) is 12.2 Å². The van der Waals surface area contributed by atoms with Gasteiger partial charge in [0.2, 0.25) is 0 Å². The number of hydrogen-bond acceptors (Lipinski definition) is 6. The second kappa shape index (κ2) is 10.1. The minimum Gasteiger partial charge on any atom is -0.350 e. The fourth-order valence-corrected chi connectivity index (χ4v) is 3.56. The van der Waals surface area contributed by atoms with E-state index in [1.165, 1.54) is 4.90 Å². The lowest BCUT2D eigenvalue weighted by Crippen LogP contribution is -2.45. The lowest BCUT2D eigenvalue weighted by atomic mass is 10.0. The van der Waals surface area contributed by atoms with Crippen LogP contribution in [0.2, 0.25) is 0 Å². The predicted molar refractivity (Wildman–Crippen MR) is 106 cm³/mol. The molecule has 0 aromatic heterocycles. The maximum absolute atomic E-state index is 12.4. The second-order valence-corrected chi connectivity index (χ2v) is 9.44. The van der Waals surface area contributed by atoms with Crippen molar-refractivity contribution in [1.82, 2.24) is 10.4 Å². The highest BCUT2D eigenvalue weighted by Gasteiger charge is 2.39. The van der Waals surface area contributed by atoms with Crippen LogP contribution in [0.4, 0.5) is 0 Å². The molecule has 1 N–H and O–H groups in total. The summed E-state index contributed by atoms with van der Waals surface area (Å²) in [6.45, 7) is 11.8. The number of hydroxylamine groups is 1. The zero-order valence-corrected chi connectivity index (χ0v) is 17.6. The highest BCUT2D eigenvalue weighted by molar-refractivity contribution is 7.92. The molecule has 27 heavy (non-hydrogen) atoms. The Labute approximate surface area is 163 Å². The molecule has 0 radical (unpaired) electrons. The van der Waals surface area contributed by atoms with Gasteiger partial charge in [0.25, 0.3) is 5.91 Å². The molecule has 1 aliphatic heterocycles. The summed E-state index contributed by atoms with van der Waals surface area (Å²) in [5.41, 5.74) is 3.22. The molecule has 0 aromatic rings. The number of sulfone groups is 1. The second-order valence-electron chi connectivity index (χ2n) is 7.00. The monoisotopic (exact) mass is 400 g/mol. The Kier molecular flexibility index (Phi) is 8.71. The maximum atomic E-state index is 12.4. The van der Waals surface area contributed by atoms with Crippen LogP contribution in [0.3, 0.4) is 0 Å². The molecule has 1 unspecified atom stereocenters. The van der Waals surface area contributed by atoms with Gasteiger partial charge in [-0.1, -0.05) is 25.3 Å². The van der Waals surface area contributed by atoms with Gasteiger partial charge < -0.3 is 9.64 Å². The van der Waals surface area contributed by atoms with Crippen LogP contribution in [-0.4, -0.2) is 56.7 Å². The van der Waals surface area contributed by atoms with Gasteiger partial charge in [-0.25, -0.2) is 13.3 Å². The number of allylic oxidation sites excluding steroid dienone is 1. The molecule has 1 rings (SSSR count). The molecule has 1 fully saturated rings. The van der Waals surface area contributed by atoms with E-state index in [9.17, 15) is 13.2 Å². The van der Waals surface area contributed by atoms with Crippen molar-refractivity contribution in [3.8, 4) is 0 Å². The Hall–Kier alpha value is -1.64. The molecular weight excluding hydrogens is 368 g/mol. The van der Waals surface area contributed by atoms with Gasteiger partial charge in [0.05, 0.1) is 5.70 Å². The Morgan fingerprint density at radius 3 is 2.59 bits per heavy atom. The summed E-state index contributed by atoms with van der Waals surface area (Å²) in [5, 5.41) is 0. The summed E-state index contributed by atoms with van der Waals surface area (Å²) in [6.07, 6.45) is 6.95. The van der Waals surface area contributed by atoms with Gasteiger partial charge in [-0.05, 0) is 33.1 Å². The van der Waals surface area contributed by atoms with E-state index in [2.05, 4.69) is 18.6 Å². The van der Waals surface area contributed by atoms with E-state index in [-0.39, 0.29) is 24.6 Å². The molecule has 0 bridgehead atoms. The fourth-order valence-electron chi connectivity index (χ4n) is 2.61. The first-order valence-electron chi connectivity index (χ1n) is 9.02. The smallest absolute Gasteiger partial charge is 0.252 e. The molecule has 0 spiro atoms. The van der Waals surface area contributed by atoms with Crippen molar-refractivity contribution in [3.63, 3.8) is 0 Å². The number of rotatable bonds is 10. The molecular formula is C19H32N2O5S. The number of likely N-dealkylation sites (N-methyl/N-ethyl adjacent to an activating group) is 1. The normalized spacial score (nSPS) is 20.1. The van der Waals surface area contributed by atoms with E-state index in [1.54, 1.807) is 33.0 Å². The molecule has 1 amide bonds.